The van der Waals surface area contributed by atoms with Crippen LogP contribution in [0.3, 0.4) is 0 Å². The molecule has 1 aliphatic heterocycles. The molecule has 5 nitrogen and oxygen atoms in total. The quantitative estimate of drug-likeness (QED) is 0.403. The van der Waals surface area contributed by atoms with E-state index in [1.165, 1.54) is 23.5 Å². The topological polar surface area (TPSA) is 54.5 Å². The van der Waals surface area contributed by atoms with E-state index in [4.69, 9.17) is 4.74 Å². The van der Waals surface area contributed by atoms with E-state index in [-0.39, 0.29) is 17.6 Å². The first kappa shape index (κ1) is 20.5. The summed E-state index contributed by atoms with van der Waals surface area (Å²) in [6, 6.07) is 21.6. The van der Waals surface area contributed by atoms with Crippen molar-refractivity contribution in [3.8, 4) is 11.5 Å². The molecule has 1 aromatic heterocycles. The number of carbonyl (C=O) groups is 1. The lowest BCUT2D eigenvalue weighted by atomic mass is 9.97. The van der Waals surface area contributed by atoms with Gasteiger partial charge in [0.05, 0.1) is 21.8 Å². The molecule has 1 atom stereocenters. The summed E-state index contributed by atoms with van der Waals surface area (Å²) in [6.07, 6.45) is 1.70. The first-order valence-corrected chi connectivity index (χ1v) is 11.4. The van der Waals surface area contributed by atoms with E-state index in [0.717, 1.165) is 34.7 Å². The number of hydrogen-bond donors (Lipinski definition) is 1. The average molecular weight is 448 g/mol. The molecule has 2 heterocycles. The van der Waals surface area contributed by atoms with Crippen LogP contribution in [0, 0.1) is 11.7 Å². The van der Waals surface area contributed by atoms with E-state index >= 15 is 0 Å². The van der Waals surface area contributed by atoms with E-state index in [1.54, 1.807) is 6.07 Å². The number of ether oxygens (including phenoxy) is 1. The van der Waals surface area contributed by atoms with Gasteiger partial charge in [-0.05, 0) is 55.3 Å². The van der Waals surface area contributed by atoms with Crippen LogP contribution in [0.5, 0.6) is 11.5 Å². The molecule has 162 valence electrons. The Labute approximate surface area is 189 Å². The third kappa shape index (κ3) is 4.43. The number of benzene rings is 3. The summed E-state index contributed by atoms with van der Waals surface area (Å²) >= 11 is 1.46. The van der Waals surface area contributed by atoms with Crippen molar-refractivity contribution in [2.24, 2.45) is 5.92 Å². The van der Waals surface area contributed by atoms with Crippen LogP contribution in [0.4, 0.5) is 15.2 Å². The van der Waals surface area contributed by atoms with E-state index < -0.39 is 0 Å². The second-order valence-corrected chi connectivity index (χ2v) is 8.80. The molecule has 3 aromatic carbocycles. The Balaban J connectivity index is 1.29. The number of thiazole rings is 1. The number of halogens is 1. The van der Waals surface area contributed by atoms with Crippen molar-refractivity contribution < 1.29 is 13.9 Å². The molecular formula is C25H22FN3O2S. The number of para-hydroxylation sites is 3. The Kier molecular flexibility index (Phi) is 5.73. The molecule has 1 N–H and O–H groups in total. The molecule has 7 heteroatoms. The standard InChI is InChI=1S/C25H22FN3O2S/c26-18-12-13-21-23(15-18)32-25(28-21)29-14-6-7-17(16-29)24(30)27-20-10-4-5-11-22(20)31-19-8-2-1-3-9-19/h1-5,8-13,15,17H,6-7,14,16H2,(H,27,30). The lowest BCUT2D eigenvalue weighted by Crippen LogP contribution is -2.40. The predicted octanol–water partition coefficient (Wildman–Crippen LogP) is 6.08. The average Bonchev–Trinajstić information content (AvgIpc) is 3.24. The van der Waals surface area contributed by atoms with Gasteiger partial charge in [-0.1, -0.05) is 41.7 Å². The van der Waals surface area contributed by atoms with Crippen LogP contribution < -0.4 is 15.0 Å². The van der Waals surface area contributed by atoms with Gasteiger partial charge < -0.3 is 15.0 Å². The highest BCUT2D eigenvalue weighted by atomic mass is 32.1. The van der Waals surface area contributed by atoms with Crippen molar-refractivity contribution in [3.05, 3.63) is 78.6 Å². The zero-order valence-electron chi connectivity index (χ0n) is 17.3. The lowest BCUT2D eigenvalue weighted by molar-refractivity contribution is -0.120. The smallest absolute Gasteiger partial charge is 0.229 e. The molecule has 4 aromatic rings. The van der Waals surface area contributed by atoms with Gasteiger partial charge in [0.1, 0.15) is 11.6 Å². The van der Waals surface area contributed by atoms with Crippen molar-refractivity contribution in [2.45, 2.75) is 12.8 Å². The Bertz CT molecular complexity index is 1240. The number of piperidine rings is 1. The highest BCUT2D eigenvalue weighted by Crippen LogP contribution is 2.33. The Hall–Kier alpha value is -3.45. The van der Waals surface area contributed by atoms with Gasteiger partial charge in [-0.25, -0.2) is 9.37 Å². The number of nitrogens with zero attached hydrogens (tertiary/aromatic N) is 2. The molecule has 1 amide bonds. The first-order chi connectivity index (χ1) is 15.7. The highest BCUT2D eigenvalue weighted by Gasteiger charge is 2.28. The van der Waals surface area contributed by atoms with Gasteiger partial charge in [-0.15, -0.1) is 0 Å². The summed E-state index contributed by atoms with van der Waals surface area (Å²) in [5.41, 5.74) is 1.43. The maximum atomic E-state index is 13.5. The van der Waals surface area contributed by atoms with Crippen LogP contribution >= 0.6 is 11.3 Å². The van der Waals surface area contributed by atoms with E-state index in [1.807, 2.05) is 54.6 Å². The maximum absolute atomic E-state index is 13.5. The van der Waals surface area contributed by atoms with Gasteiger partial charge in [0.25, 0.3) is 0 Å². The lowest BCUT2D eigenvalue weighted by Gasteiger charge is -2.31. The maximum Gasteiger partial charge on any atom is 0.229 e. The van der Waals surface area contributed by atoms with E-state index in [2.05, 4.69) is 15.2 Å². The summed E-state index contributed by atoms with van der Waals surface area (Å²) in [5.74, 6) is 0.849. The molecule has 1 aliphatic rings. The van der Waals surface area contributed by atoms with Crippen molar-refractivity contribution in [3.63, 3.8) is 0 Å². The summed E-state index contributed by atoms with van der Waals surface area (Å²) in [5, 5.41) is 3.88. The zero-order valence-corrected chi connectivity index (χ0v) is 18.1. The Morgan fingerprint density at radius 3 is 2.78 bits per heavy atom. The van der Waals surface area contributed by atoms with Gasteiger partial charge >= 0.3 is 0 Å². The fourth-order valence-electron chi connectivity index (χ4n) is 3.90. The van der Waals surface area contributed by atoms with Crippen LogP contribution in [0.25, 0.3) is 10.2 Å². The number of aromatic nitrogens is 1. The fourth-order valence-corrected chi connectivity index (χ4v) is 4.92. The summed E-state index contributed by atoms with van der Waals surface area (Å²) < 4.78 is 20.3. The molecular weight excluding hydrogens is 425 g/mol. The largest absolute Gasteiger partial charge is 0.455 e. The van der Waals surface area contributed by atoms with Gasteiger partial charge in [0.15, 0.2) is 10.9 Å². The molecule has 0 bridgehead atoms. The third-order valence-corrected chi connectivity index (χ3v) is 6.60. The van der Waals surface area contributed by atoms with Crippen molar-refractivity contribution >= 4 is 38.3 Å². The summed E-state index contributed by atoms with van der Waals surface area (Å²) in [6.45, 7) is 1.41. The SMILES string of the molecule is O=C(Nc1ccccc1Oc1ccccc1)C1CCCN(c2nc3ccc(F)cc3s2)C1. The molecule has 5 rings (SSSR count). The van der Waals surface area contributed by atoms with Gasteiger partial charge in [0.2, 0.25) is 5.91 Å². The van der Waals surface area contributed by atoms with Gasteiger partial charge in [-0.2, -0.15) is 0 Å². The number of rotatable bonds is 5. The number of amides is 1. The summed E-state index contributed by atoms with van der Waals surface area (Å²) in [4.78, 5) is 19.9. The number of nitrogens with one attached hydrogen (secondary N) is 1. The second-order valence-electron chi connectivity index (χ2n) is 7.79. The van der Waals surface area contributed by atoms with Crippen LogP contribution in [-0.4, -0.2) is 24.0 Å². The molecule has 0 aliphatic carbocycles. The minimum absolute atomic E-state index is 0.0361. The Morgan fingerprint density at radius 1 is 1.09 bits per heavy atom. The summed E-state index contributed by atoms with van der Waals surface area (Å²) in [7, 11) is 0. The van der Waals surface area contributed by atoms with Crippen LogP contribution in [0.2, 0.25) is 0 Å². The monoisotopic (exact) mass is 447 g/mol. The van der Waals surface area contributed by atoms with Gasteiger partial charge in [0, 0.05) is 13.1 Å². The molecule has 1 saturated heterocycles. The fraction of sp³-hybridized carbons (Fsp3) is 0.200. The third-order valence-electron chi connectivity index (χ3n) is 5.52. The predicted molar refractivity (Wildman–Crippen MR) is 126 cm³/mol. The normalized spacial score (nSPS) is 16.2. The number of fused-ring (bicyclic) bond motifs is 1. The molecule has 1 fully saturated rings. The molecule has 1 unspecified atom stereocenters. The van der Waals surface area contributed by atoms with Gasteiger partial charge in [-0.3, -0.25) is 4.79 Å². The molecule has 0 spiro atoms. The van der Waals surface area contributed by atoms with E-state index in [9.17, 15) is 9.18 Å². The van der Waals surface area contributed by atoms with E-state index in [0.29, 0.717) is 23.7 Å². The second kappa shape index (κ2) is 8.96. The Morgan fingerprint density at radius 2 is 1.91 bits per heavy atom. The van der Waals surface area contributed by atoms with Crippen LogP contribution in [0.15, 0.2) is 72.8 Å². The minimum atomic E-state index is -0.264. The zero-order chi connectivity index (χ0) is 21.9. The van der Waals surface area contributed by atoms with Crippen LogP contribution in [0.1, 0.15) is 12.8 Å². The van der Waals surface area contributed by atoms with Crippen molar-refractivity contribution in [1.82, 2.24) is 4.98 Å². The molecule has 32 heavy (non-hydrogen) atoms. The van der Waals surface area contributed by atoms with Crippen molar-refractivity contribution in [1.29, 1.82) is 0 Å². The van der Waals surface area contributed by atoms with Crippen LogP contribution in [-0.2, 0) is 4.79 Å². The first-order valence-electron chi connectivity index (χ1n) is 10.6. The minimum Gasteiger partial charge on any atom is -0.455 e. The molecule has 0 radical (unpaired) electrons. The highest BCUT2D eigenvalue weighted by molar-refractivity contribution is 7.22. The number of carbonyl (C=O) groups excluding carboxylic acids is 1. The number of hydrogen-bond acceptors (Lipinski definition) is 5. The van der Waals surface area contributed by atoms with Crippen molar-refractivity contribution in [2.75, 3.05) is 23.3 Å². The molecule has 0 saturated carbocycles. The number of anilines is 2.